The summed E-state index contributed by atoms with van der Waals surface area (Å²) in [7, 11) is 0. The second kappa shape index (κ2) is 6.40. The molecule has 0 heterocycles. The van der Waals surface area contributed by atoms with Gasteiger partial charge in [0, 0.05) is 6.42 Å². The molecule has 3 heteroatoms. The Kier molecular flexibility index (Phi) is 5.16. The van der Waals surface area contributed by atoms with Gasteiger partial charge < -0.3 is 11.1 Å². The number of hydrogen-bond acceptors (Lipinski definition) is 2. The molecule has 0 spiro atoms. The number of carbonyl (C=O) groups excluding carboxylic acids is 1. The summed E-state index contributed by atoms with van der Waals surface area (Å²) < 4.78 is 0. The van der Waals surface area contributed by atoms with Gasteiger partial charge in [-0.15, -0.1) is 0 Å². The molecule has 0 saturated carbocycles. The number of benzene rings is 1. The molecule has 0 aromatic heterocycles. The lowest BCUT2D eigenvalue weighted by Crippen LogP contribution is -2.27. The Bertz CT molecular complexity index is 388. The maximum atomic E-state index is 11.6. The number of nitrogens with two attached hydrogens (primary N) is 1. The molecule has 1 unspecified atom stereocenters. The molecular formula is C14H22N2O. The van der Waals surface area contributed by atoms with Crippen molar-refractivity contribution in [3.8, 4) is 0 Å². The summed E-state index contributed by atoms with van der Waals surface area (Å²) in [5.41, 5.74) is 9.00. The summed E-state index contributed by atoms with van der Waals surface area (Å²) in [5.74, 6) is 0.0730. The monoisotopic (exact) mass is 234 g/mol. The predicted octanol–water partition coefficient (Wildman–Crippen LogP) is 2.22. The maximum Gasteiger partial charge on any atom is 0.220 e. The van der Waals surface area contributed by atoms with Crippen molar-refractivity contribution in [2.45, 2.75) is 39.7 Å². The quantitative estimate of drug-likeness (QED) is 0.820. The fourth-order valence-corrected chi connectivity index (χ4v) is 1.88. The summed E-state index contributed by atoms with van der Waals surface area (Å²) in [4.78, 5) is 11.6. The molecule has 0 radical (unpaired) electrons. The zero-order valence-electron chi connectivity index (χ0n) is 10.9. The van der Waals surface area contributed by atoms with E-state index >= 15 is 0 Å². The molecule has 3 nitrogen and oxygen atoms in total. The van der Waals surface area contributed by atoms with E-state index in [9.17, 15) is 4.79 Å². The topological polar surface area (TPSA) is 55.1 Å². The molecule has 1 amide bonds. The Hall–Kier alpha value is -1.35. The second-order valence-electron chi connectivity index (χ2n) is 4.54. The molecule has 1 atom stereocenters. The molecule has 1 aromatic carbocycles. The van der Waals surface area contributed by atoms with Gasteiger partial charge in [-0.25, -0.2) is 0 Å². The van der Waals surface area contributed by atoms with Crippen LogP contribution in [0, 0.1) is 13.8 Å². The van der Waals surface area contributed by atoms with Crippen LogP contribution in [-0.4, -0.2) is 12.5 Å². The van der Waals surface area contributed by atoms with Crippen LogP contribution in [0.2, 0.25) is 0 Å². The average Bonchev–Trinajstić information content (AvgIpc) is 2.29. The highest BCUT2D eigenvalue weighted by Gasteiger charge is 2.11. The molecule has 0 saturated heterocycles. The van der Waals surface area contributed by atoms with Crippen molar-refractivity contribution in [1.29, 1.82) is 0 Å². The second-order valence-corrected chi connectivity index (χ2v) is 4.54. The van der Waals surface area contributed by atoms with Crippen LogP contribution in [-0.2, 0) is 4.79 Å². The zero-order valence-corrected chi connectivity index (χ0v) is 10.9. The van der Waals surface area contributed by atoms with Crippen LogP contribution in [0.5, 0.6) is 0 Å². The third-order valence-electron chi connectivity index (χ3n) is 2.89. The third kappa shape index (κ3) is 4.19. The van der Waals surface area contributed by atoms with Crippen molar-refractivity contribution in [3.63, 3.8) is 0 Å². The number of aryl methyl sites for hydroxylation is 2. The lowest BCUT2D eigenvalue weighted by molar-refractivity contribution is -0.121. The van der Waals surface area contributed by atoms with Crippen LogP contribution in [0.25, 0.3) is 0 Å². The van der Waals surface area contributed by atoms with E-state index in [2.05, 4.69) is 37.4 Å². The van der Waals surface area contributed by atoms with Crippen molar-refractivity contribution in [3.05, 3.63) is 34.9 Å². The molecule has 1 aromatic rings. The predicted molar refractivity (Wildman–Crippen MR) is 70.8 cm³/mol. The third-order valence-corrected chi connectivity index (χ3v) is 2.89. The Morgan fingerprint density at radius 1 is 1.41 bits per heavy atom. The molecule has 0 aliphatic carbocycles. The first kappa shape index (κ1) is 13.7. The number of rotatable bonds is 5. The smallest absolute Gasteiger partial charge is 0.220 e. The Morgan fingerprint density at radius 2 is 2.12 bits per heavy atom. The summed E-state index contributed by atoms with van der Waals surface area (Å²) in [6, 6.07) is 6.36. The van der Waals surface area contributed by atoms with Gasteiger partial charge in [-0.05, 0) is 44.9 Å². The van der Waals surface area contributed by atoms with Crippen molar-refractivity contribution < 1.29 is 4.79 Å². The van der Waals surface area contributed by atoms with Crippen molar-refractivity contribution >= 4 is 5.91 Å². The van der Waals surface area contributed by atoms with Crippen LogP contribution in [0.4, 0.5) is 0 Å². The molecule has 0 aliphatic heterocycles. The highest BCUT2D eigenvalue weighted by molar-refractivity contribution is 5.76. The number of nitrogens with one attached hydrogen (secondary N) is 1. The lowest BCUT2D eigenvalue weighted by Gasteiger charge is -2.17. The highest BCUT2D eigenvalue weighted by Crippen LogP contribution is 2.18. The minimum absolute atomic E-state index is 0.0557. The highest BCUT2D eigenvalue weighted by atomic mass is 16.1. The lowest BCUT2D eigenvalue weighted by atomic mass is 10.00. The number of hydrogen-bond donors (Lipinski definition) is 2. The SMILES string of the molecule is Cc1ccc(C)c(C(C)NC(=O)CCCN)c1. The first-order chi connectivity index (χ1) is 8.04. The van der Waals surface area contributed by atoms with E-state index in [1.807, 2.05) is 6.92 Å². The van der Waals surface area contributed by atoms with E-state index in [1.165, 1.54) is 16.7 Å². The number of amides is 1. The summed E-state index contributed by atoms with van der Waals surface area (Å²) in [5, 5.41) is 3.00. The van der Waals surface area contributed by atoms with E-state index in [0.717, 1.165) is 6.42 Å². The van der Waals surface area contributed by atoms with Gasteiger partial charge in [-0.2, -0.15) is 0 Å². The van der Waals surface area contributed by atoms with E-state index < -0.39 is 0 Å². The minimum Gasteiger partial charge on any atom is -0.350 e. The van der Waals surface area contributed by atoms with Gasteiger partial charge in [-0.1, -0.05) is 23.8 Å². The molecule has 94 valence electrons. The Morgan fingerprint density at radius 3 is 2.76 bits per heavy atom. The van der Waals surface area contributed by atoms with Crippen molar-refractivity contribution in [2.24, 2.45) is 5.73 Å². The van der Waals surface area contributed by atoms with Crippen LogP contribution in [0.1, 0.15) is 42.5 Å². The average molecular weight is 234 g/mol. The van der Waals surface area contributed by atoms with Crippen LogP contribution in [0.3, 0.4) is 0 Å². The van der Waals surface area contributed by atoms with Crippen molar-refractivity contribution in [2.75, 3.05) is 6.54 Å². The van der Waals surface area contributed by atoms with Gasteiger partial charge in [0.25, 0.3) is 0 Å². The zero-order chi connectivity index (χ0) is 12.8. The van der Waals surface area contributed by atoms with Gasteiger partial charge in [-0.3, -0.25) is 4.79 Å². The fourth-order valence-electron chi connectivity index (χ4n) is 1.88. The molecular weight excluding hydrogens is 212 g/mol. The van der Waals surface area contributed by atoms with Gasteiger partial charge in [0.05, 0.1) is 6.04 Å². The minimum atomic E-state index is 0.0557. The van der Waals surface area contributed by atoms with Crippen LogP contribution < -0.4 is 11.1 Å². The Balaban J connectivity index is 2.66. The van der Waals surface area contributed by atoms with E-state index in [0.29, 0.717) is 13.0 Å². The summed E-state index contributed by atoms with van der Waals surface area (Å²) in [6.07, 6.45) is 1.25. The van der Waals surface area contributed by atoms with Gasteiger partial charge in [0.1, 0.15) is 0 Å². The van der Waals surface area contributed by atoms with E-state index in [-0.39, 0.29) is 11.9 Å². The first-order valence-corrected chi connectivity index (χ1v) is 6.11. The standard InChI is InChI=1S/C14H22N2O/c1-10-6-7-11(2)13(9-10)12(3)16-14(17)5-4-8-15/h6-7,9,12H,4-5,8,15H2,1-3H3,(H,16,17). The fraction of sp³-hybridized carbons (Fsp3) is 0.500. The van der Waals surface area contributed by atoms with Gasteiger partial charge in [0.2, 0.25) is 5.91 Å². The molecule has 3 N–H and O–H groups in total. The number of carbonyl (C=O) groups is 1. The van der Waals surface area contributed by atoms with Gasteiger partial charge in [0.15, 0.2) is 0 Å². The normalized spacial score (nSPS) is 12.2. The Labute approximate surface area is 103 Å². The largest absolute Gasteiger partial charge is 0.350 e. The molecule has 0 fully saturated rings. The summed E-state index contributed by atoms with van der Waals surface area (Å²) >= 11 is 0. The molecule has 0 aliphatic rings. The van der Waals surface area contributed by atoms with Crippen LogP contribution >= 0.6 is 0 Å². The van der Waals surface area contributed by atoms with Gasteiger partial charge >= 0.3 is 0 Å². The van der Waals surface area contributed by atoms with Crippen molar-refractivity contribution in [1.82, 2.24) is 5.32 Å². The van der Waals surface area contributed by atoms with E-state index in [4.69, 9.17) is 5.73 Å². The van der Waals surface area contributed by atoms with E-state index in [1.54, 1.807) is 0 Å². The van der Waals surface area contributed by atoms with Crippen LogP contribution in [0.15, 0.2) is 18.2 Å². The molecule has 17 heavy (non-hydrogen) atoms. The maximum absolute atomic E-state index is 11.6. The summed E-state index contributed by atoms with van der Waals surface area (Å²) in [6.45, 7) is 6.70. The molecule has 0 bridgehead atoms. The first-order valence-electron chi connectivity index (χ1n) is 6.11. The molecule has 1 rings (SSSR count).